The molecular formula is C13H23N3O2. The third kappa shape index (κ3) is 3.84. The number of esters is 1. The van der Waals surface area contributed by atoms with E-state index in [-0.39, 0.29) is 5.97 Å². The van der Waals surface area contributed by atoms with E-state index in [1.54, 1.807) is 6.20 Å². The number of ether oxygens (including phenoxy) is 1. The van der Waals surface area contributed by atoms with Crippen LogP contribution in [0.3, 0.4) is 0 Å². The van der Waals surface area contributed by atoms with E-state index in [1.165, 1.54) is 0 Å². The Morgan fingerprint density at radius 1 is 1.44 bits per heavy atom. The van der Waals surface area contributed by atoms with Gasteiger partial charge in [-0.2, -0.15) is 5.10 Å². The zero-order chi connectivity index (χ0) is 13.5. The molecule has 5 heteroatoms. The number of likely N-dealkylation sites (N-methyl/N-ethyl adjacent to an activating group) is 1. The van der Waals surface area contributed by atoms with Crippen LogP contribution in [0.15, 0.2) is 6.20 Å². The Morgan fingerprint density at radius 2 is 2.17 bits per heavy atom. The molecule has 0 aliphatic heterocycles. The zero-order valence-corrected chi connectivity index (χ0v) is 11.8. The normalized spacial score (nSPS) is 10.9. The lowest BCUT2D eigenvalue weighted by Crippen LogP contribution is -2.20. The lowest BCUT2D eigenvalue weighted by Gasteiger charge is -2.12. The van der Waals surface area contributed by atoms with Crippen molar-refractivity contribution < 1.29 is 9.53 Å². The fourth-order valence-electron chi connectivity index (χ4n) is 1.78. The standard InChI is InChI=1S/C13H23N3O2/c1-5-7-12-11(13(17)18-6-2)10-14-16(12)9-8-15(3)4/h10H,5-9H2,1-4H3. The Bertz CT molecular complexity index is 386. The smallest absolute Gasteiger partial charge is 0.341 e. The average Bonchev–Trinajstić information content (AvgIpc) is 2.70. The Hall–Kier alpha value is -1.36. The van der Waals surface area contributed by atoms with E-state index < -0.39 is 0 Å². The molecule has 1 rings (SSSR count). The first-order chi connectivity index (χ1) is 8.60. The molecule has 0 saturated heterocycles. The molecule has 0 saturated carbocycles. The van der Waals surface area contributed by atoms with E-state index in [0.29, 0.717) is 12.2 Å². The van der Waals surface area contributed by atoms with E-state index in [2.05, 4.69) is 16.9 Å². The van der Waals surface area contributed by atoms with Gasteiger partial charge in [0.05, 0.1) is 25.0 Å². The van der Waals surface area contributed by atoms with Crippen molar-refractivity contribution in [3.63, 3.8) is 0 Å². The van der Waals surface area contributed by atoms with Crippen molar-refractivity contribution in [3.05, 3.63) is 17.5 Å². The highest BCUT2D eigenvalue weighted by molar-refractivity contribution is 5.90. The first-order valence-corrected chi connectivity index (χ1v) is 6.46. The van der Waals surface area contributed by atoms with Gasteiger partial charge in [-0.3, -0.25) is 4.68 Å². The molecule has 0 aliphatic carbocycles. The van der Waals surface area contributed by atoms with Crippen LogP contribution in [0.2, 0.25) is 0 Å². The molecule has 0 aromatic carbocycles. The molecule has 5 nitrogen and oxygen atoms in total. The average molecular weight is 253 g/mol. The van der Waals surface area contributed by atoms with Crippen LogP contribution in [0.4, 0.5) is 0 Å². The predicted octanol–water partition coefficient (Wildman–Crippen LogP) is 1.57. The fraction of sp³-hybridized carbons (Fsp3) is 0.692. The minimum atomic E-state index is -0.267. The van der Waals surface area contributed by atoms with Gasteiger partial charge in [0.2, 0.25) is 0 Å². The number of nitrogens with zero attached hydrogens (tertiary/aromatic N) is 3. The van der Waals surface area contributed by atoms with Gasteiger partial charge in [0.1, 0.15) is 5.56 Å². The summed E-state index contributed by atoms with van der Waals surface area (Å²) in [6, 6.07) is 0. The number of hydrogen-bond acceptors (Lipinski definition) is 4. The molecule has 18 heavy (non-hydrogen) atoms. The molecule has 0 fully saturated rings. The van der Waals surface area contributed by atoms with Crippen molar-refractivity contribution in [2.75, 3.05) is 27.2 Å². The quantitative estimate of drug-likeness (QED) is 0.692. The van der Waals surface area contributed by atoms with Gasteiger partial charge in [0.25, 0.3) is 0 Å². The van der Waals surface area contributed by atoms with Crippen LogP contribution in [0, 0.1) is 0 Å². The third-order valence-electron chi connectivity index (χ3n) is 2.69. The summed E-state index contributed by atoms with van der Waals surface area (Å²) in [6.07, 6.45) is 3.46. The summed E-state index contributed by atoms with van der Waals surface area (Å²) in [5.41, 5.74) is 1.59. The van der Waals surface area contributed by atoms with Crippen molar-refractivity contribution in [3.8, 4) is 0 Å². The molecule has 1 aromatic rings. The number of rotatable bonds is 7. The van der Waals surface area contributed by atoms with Gasteiger partial charge in [-0.15, -0.1) is 0 Å². The van der Waals surface area contributed by atoms with Crippen molar-refractivity contribution in [2.24, 2.45) is 0 Å². The molecule has 0 unspecified atom stereocenters. The van der Waals surface area contributed by atoms with Crippen molar-refractivity contribution in [1.82, 2.24) is 14.7 Å². The minimum absolute atomic E-state index is 0.267. The van der Waals surface area contributed by atoms with Crippen LogP contribution in [0.5, 0.6) is 0 Å². The maximum Gasteiger partial charge on any atom is 0.341 e. The number of carbonyl (C=O) groups excluding carboxylic acids is 1. The van der Waals surface area contributed by atoms with Gasteiger partial charge in [0.15, 0.2) is 0 Å². The molecule has 1 aromatic heterocycles. The highest BCUT2D eigenvalue weighted by Crippen LogP contribution is 2.13. The van der Waals surface area contributed by atoms with E-state index in [0.717, 1.165) is 31.6 Å². The lowest BCUT2D eigenvalue weighted by atomic mass is 10.1. The summed E-state index contributed by atoms with van der Waals surface area (Å²) < 4.78 is 6.96. The van der Waals surface area contributed by atoms with Gasteiger partial charge in [-0.1, -0.05) is 13.3 Å². The summed E-state index contributed by atoms with van der Waals surface area (Å²) in [6.45, 7) is 6.00. The van der Waals surface area contributed by atoms with Gasteiger partial charge in [-0.05, 0) is 27.4 Å². The van der Waals surface area contributed by atoms with Crippen LogP contribution in [0.1, 0.15) is 36.3 Å². The molecule has 0 amide bonds. The van der Waals surface area contributed by atoms with Crippen molar-refractivity contribution >= 4 is 5.97 Å². The molecule has 0 atom stereocenters. The summed E-state index contributed by atoms with van der Waals surface area (Å²) >= 11 is 0. The van der Waals surface area contributed by atoms with Crippen LogP contribution in [-0.4, -0.2) is 47.9 Å². The van der Waals surface area contributed by atoms with Gasteiger partial charge in [-0.25, -0.2) is 4.79 Å². The second kappa shape index (κ2) is 7.16. The highest BCUT2D eigenvalue weighted by atomic mass is 16.5. The molecule has 0 aliphatic rings. The molecular weight excluding hydrogens is 230 g/mol. The van der Waals surface area contributed by atoms with Crippen LogP contribution in [-0.2, 0) is 17.7 Å². The summed E-state index contributed by atoms with van der Waals surface area (Å²) in [5, 5.41) is 4.30. The second-order valence-electron chi connectivity index (χ2n) is 4.50. The zero-order valence-electron chi connectivity index (χ0n) is 11.8. The Kier molecular flexibility index (Phi) is 5.85. The topological polar surface area (TPSA) is 47.4 Å². The molecule has 0 N–H and O–H groups in total. The first-order valence-electron chi connectivity index (χ1n) is 6.46. The first kappa shape index (κ1) is 14.7. The minimum Gasteiger partial charge on any atom is -0.462 e. The van der Waals surface area contributed by atoms with Gasteiger partial charge >= 0.3 is 5.97 Å². The van der Waals surface area contributed by atoms with E-state index >= 15 is 0 Å². The maximum atomic E-state index is 11.8. The fourth-order valence-corrected chi connectivity index (χ4v) is 1.78. The summed E-state index contributed by atoms with van der Waals surface area (Å²) in [4.78, 5) is 13.9. The van der Waals surface area contributed by atoms with E-state index in [9.17, 15) is 4.79 Å². The summed E-state index contributed by atoms with van der Waals surface area (Å²) in [5.74, 6) is -0.267. The SMILES string of the molecule is CCCc1c(C(=O)OCC)cnn1CCN(C)C. The largest absolute Gasteiger partial charge is 0.462 e. The van der Waals surface area contributed by atoms with Crippen LogP contribution in [0.25, 0.3) is 0 Å². The molecule has 102 valence electrons. The van der Waals surface area contributed by atoms with E-state index in [4.69, 9.17) is 4.74 Å². The Labute approximate surface area is 109 Å². The predicted molar refractivity (Wildman–Crippen MR) is 70.7 cm³/mol. The van der Waals surface area contributed by atoms with Crippen molar-refractivity contribution in [1.29, 1.82) is 0 Å². The summed E-state index contributed by atoms with van der Waals surface area (Å²) in [7, 11) is 4.05. The molecule has 0 spiro atoms. The Morgan fingerprint density at radius 3 is 2.72 bits per heavy atom. The highest BCUT2D eigenvalue weighted by Gasteiger charge is 2.17. The molecule has 0 radical (unpaired) electrons. The Balaban J connectivity index is 2.87. The van der Waals surface area contributed by atoms with Crippen LogP contribution < -0.4 is 0 Å². The lowest BCUT2D eigenvalue weighted by molar-refractivity contribution is 0.0525. The second-order valence-corrected chi connectivity index (χ2v) is 4.50. The molecule has 1 heterocycles. The number of carbonyl (C=O) groups is 1. The van der Waals surface area contributed by atoms with E-state index in [1.807, 2.05) is 25.7 Å². The maximum absolute atomic E-state index is 11.8. The van der Waals surface area contributed by atoms with Crippen molar-refractivity contribution in [2.45, 2.75) is 33.2 Å². The number of aromatic nitrogens is 2. The number of hydrogen-bond donors (Lipinski definition) is 0. The molecule has 0 bridgehead atoms. The van der Waals surface area contributed by atoms with Gasteiger partial charge in [0, 0.05) is 6.54 Å². The van der Waals surface area contributed by atoms with Crippen LogP contribution >= 0.6 is 0 Å². The third-order valence-corrected chi connectivity index (χ3v) is 2.69. The monoisotopic (exact) mass is 253 g/mol. The van der Waals surface area contributed by atoms with Gasteiger partial charge < -0.3 is 9.64 Å².